The Bertz CT molecular complexity index is 975. The zero-order chi connectivity index (χ0) is 21.4. The van der Waals surface area contributed by atoms with E-state index < -0.39 is 22.7 Å². The summed E-state index contributed by atoms with van der Waals surface area (Å²) in [6.07, 6.45) is 1.08. The first kappa shape index (κ1) is 21.5. The molecule has 0 aliphatic heterocycles. The summed E-state index contributed by atoms with van der Waals surface area (Å²) in [5, 5.41) is 16.9. The van der Waals surface area contributed by atoms with Gasteiger partial charge in [-0.2, -0.15) is 5.10 Å². The van der Waals surface area contributed by atoms with Gasteiger partial charge in [-0.05, 0) is 37.3 Å². The van der Waals surface area contributed by atoms with Gasteiger partial charge in [0.05, 0.1) is 23.3 Å². The molecule has 2 rings (SSSR count). The van der Waals surface area contributed by atoms with Crippen LogP contribution in [0.2, 0.25) is 5.02 Å². The molecule has 0 heterocycles. The van der Waals surface area contributed by atoms with E-state index in [4.69, 9.17) is 16.3 Å². The molecule has 0 aromatic heterocycles. The number of carbonyl (C=O) groups excluding carboxylic acids is 3. The quantitative estimate of drug-likeness (QED) is 0.243. The highest BCUT2D eigenvalue weighted by Gasteiger charge is 2.14. The molecule has 0 fully saturated rings. The van der Waals surface area contributed by atoms with Gasteiger partial charge in [0, 0.05) is 28.4 Å². The molecular weight excluding hydrogens is 404 g/mol. The molecule has 0 unspecified atom stereocenters. The minimum Gasteiger partial charge on any atom is -0.462 e. The minimum atomic E-state index is -1.07. The second-order valence-electron chi connectivity index (χ2n) is 5.41. The normalized spacial score (nSPS) is 10.4. The number of amides is 2. The number of hydrogen-bond acceptors (Lipinski definition) is 7. The van der Waals surface area contributed by atoms with E-state index in [1.807, 2.05) is 5.43 Å². The number of nitro groups is 1. The maximum atomic E-state index is 11.9. The molecule has 0 saturated carbocycles. The average Bonchev–Trinajstić information content (AvgIpc) is 2.69. The van der Waals surface area contributed by atoms with Crippen LogP contribution in [0.25, 0.3) is 0 Å². The predicted molar refractivity (Wildman–Crippen MR) is 105 cm³/mol. The van der Waals surface area contributed by atoms with Crippen molar-refractivity contribution in [2.75, 3.05) is 11.9 Å². The number of esters is 1. The largest absolute Gasteiger partial charge is 0.462 e. The van der Waals surface area contributed by atoms with Crippen molar-refractivity contribution in [3.63, 3.8) is 0 Å². The predicted octanol–water partition coefficient (Wildman–Crippen LogP) is 2.51. The number of anilines is 1. The van der Waals surface area contributed by atoms with Crippen LogP contribution < -0.4 is 10.7 Å². The minimum absolute atomic E-state index is 0.180. The molecule has 0 aliphatic carbocycles. The summed E-state index contributed by atoms with van der Waals surface area (Å²) < 4.78 is 4.84. The number of ether oxygens (including phenoxy) is 1. The molecule has 0 bridgehead atoms. The fourth-order valence-electron chi connectivity index (χ4n) is 2.05. The second-order valence-corrected chi connectivity index (χ2v) is 5.82. The Balaban J connectivity index is 1.95. The monoisotopic (exact) mass is 418 g/mol. The number of nitro benzene ring substituents is 1. The Hall–Kier alpha value is -3.79. The third-order valence-electron chi connectivity index (χ3n) is 3.42. The molecular formula is C18H15ClN4O6. The average molecular weight is 419 g/mol. The molecule has 0 atom stereocenters. The van der Waals surface area contributed by atoms with Gasteiger partial charge in [0.2, 0.25) is 0 Å². The van der Waals surface area contributed by atoms with Gasteiger partial charge >= 0.3 is 17.8 Å². The van der Waals surface area contributed by atoms with Crippen molar-refractivity contribution in [1.82, 2.24) is 5.43 Å². The number of benzene rings is 2. The lowest BCUT2D eigenvalue weighted by molar-refractivity contribution is -0.384. The van der Waals surface area contributed by atoms with Gasteiger partial charge in [-0.15, -0.1) is 0 Å². The number of carbonyl (C=O) groups is 3. The number of rotatable bonds is 6. The topological polar surface area (TPSA) is 140 Å². The van der Waals surface area contributed by atoms with Gasteiger partial charge in [-0.1, -0.05) is 11.6 Å². The molecule has 29 heavy (non-hydrogen) atoms. The van der Waals surface area contributed by atoms with Crippen LogP contribution in [-0.2, 0) is 14.3 Å². The molecule has 10 nitrogen and oxygen atoms in total. The first-order valence-corrected chi connectivity index (χ1v) is 8.55. The summed E-state index contributed by atoms with van der Waals surface area (Å²) >= 11 is 5.90. The first-order chi connectivity index (χ1) is 13.8. The third kappa shape index (κ3) is 6.11. The van der Waals surface area contributed by atoms with Crippen molar-refractivity contribution >= 4 is 47.0 Å². The van der Waals surface area contributed by atoms with Crippen LogP contribution in [0.15, 0.2) is 47.6 Å². The van der Waals surface area contributed by atoms with Gasteiger partial charge in [0.1, 0.15) is 0 Å². The fraction of sp³-hybridized carbons (Fsp3) is 0.111. The summed E-state index contributed by atoms with van der Waals surface area (Å²) in [5.74, 6) is -2.58. The number of hydrogen-bond donors (Lipinski definition) is 2. The van der Waals surface area contributed by atoms with E-state index in [2.05, 4.69) is 10.4 Å². The van der Waals surface area contributed by atoms with Crippen LogP contribution in [-0.4, -0.2) is 35.5 Å². The summed E-state index contributed by atoms with van der Waals surface area (Å²) in [6.45, 7) is 1.92. The van der Waals surface area contributed by atoms with Crippen LogP contribution in [0, 0.1) is 10.1 Å². The molecule has 150 valence electrons. The highest BCUT2D eigenvalue weighted by atomic mass is 35.5. The highest BCUT2D eigenvalue weighted by Crippen LogP contribution is 2.20. The molecule has 0 spiro atoms. The third-order valence-corrected chi connectivity index (χ3v) is 3.76. The maximum Gasteiger partial charge on any atom is 0.338 e. The van der Waals surface area contributed by atoms with Crippen molar-refractivity contribution < 1.29 is 24.0 Å². The zero-order valence-electron chi connectivity index (χ0n) is 15.0. The number of nitrogens with zero attached hydrogens (tertiary/aromatic N) is 2. The van der Waals surface area contributed by atoms with Crippen molar-refractivity contribution in [2.45, 2.75) is 6.92 Å². The van der Waals surface area contributed by atoms with E-state index in [0.717, 1.165) is 6.21 Å². The fourth-order valence-corrected chi connectivity index (χ4v) is 2.21. The Labute approximate surface area is 169 Å². The Morgan fingerprint density at radius 2 is 1.86 bits per heavy atom. The summed E-state index contributed by atoms with van der Waals surface area (Å²) in [6, 6.07) is 9.45. The first-order valence-electron chi connectivity index (χ1n) is 8.17. The van der Waals surface area contributed by atoms with Crippen LogP contribution in [0.3, 0.4) is 0 Å². The van der Waals surface area contributed by atoms with E-state index in [9.17, 15) is 24.5 Å². The zero-order valence-corrected chi connectivity index (χ0v) is 15.8. The summed E-state index contributed by atoms with van der Waals surface area (Å²) in [5.41, 5.74) is 2.56. The van der Waals surface area contributed by atoms with E-state index in [0.29, 0.717) is 5.56 Å². The Morgan fingerprint density at radius 3 is 2.48 bits per heavy atom. The van der Waals surface area contributed by atoms with Gasteiger partial charge in [0.25, 0.3) is 5.69 Å². The Morgan fingerprint density at radius 1 is 1.17 bits per heavy atom. The van der Waals surface area contributed by atoms with E-state index in [1.165, 1.54) is 42.5 Å². The summed E-state index contributed by atoms with van der Waals surface area (Å²) in [7, 11) is 0. The van der Waals surface area contributed by atoms with Gasteiger partial charge < -0.3 is 10.1 Å². The summed E-state index contributed by atoms with van der Waals surface area (Å²) in [4.78, 5) is 45.4. The van der Waals surface area contributed by atoms with Gasteiger partial charge in [-0.3, -0.25) is 19.7 Å². The molecule has 0 aliphatic rings. The number of hydrazone groups is 1. The van der Waals surface area contributed by atoms with Crippen molar-refractivity contribution in [2.24, 2.45) is 5.10 Å². The smallest absolute Gasteiger partial charge is 0.338 e. The highest BCUT2D eigenvalue weighted by molar-refractivity contribution is 6.39. The SMILES string of the molecule is CCOC(=O)c1ccc(NC(=O)C(=O)N/N=C/c2cc([N+](=O)[O-])ccc2Cl)cc1. The molecule has 11 heteroatoms. The van der Waals surface area contributed by atoms with Gasteiger partial charge in [-0.25, -0.2) is 10.2 Å². The lowest BCUT2D eigenvalue weighted by atomic mass is 10.2. The second kappa shape index (κ2) is 9.95. The van der Waals surface area contributed by atoms with Crippen molar-refractivity contribution in [3.8, 4) is 0 Å². The van der Waals surface area contributed by atoms with Crippen LogP contribution >= 0.6 is 11.6 Å². The number of halogens is 1. The molecule has 2 N–H and O–H groups in total. The molecule has 2 aromatic rings. The maximum absolute atomic E-state index is 11.9. The standard InChI is InChI=1S/C18H15ClN4O6/c1-2-29-18(26)11-3-5-13(6-4-11)21-16(24)17(25)22-20-10-12-9-14(23(27)28)7-8-15(12)19/h3-10H,2H2,1H3,(H,21,24)(H,22,25)/b20-10+. The number of nitrogens with one attached hydrogen (secondary N) is 2. The van der Waals surface area contributed by atoms with Gasteiger partial charge in [0.15, 0.2) is 0 Å². The number of non-ortho nitro benzene ring substituents is 1. The molecule has 2 amide bonds. The van der Waals surface area contributed by atoms with Crippen LogP contribution in [0.5, 0.6) is 0 Å². The van der Waals surface area contributed by atoms with E-state index in [1.54, 1.807) is 6.92 Å². The van der Waals surface area contributed by atoms with Crippen molar-refractivity contribution in [3.05, 3.63) is 68.7 Å². The van der Waals surface area contributed by atoms with E-state index >= 15 is 0 Å². The lowest BCUT2D eigenvalue weighted by Crippen LogP contribution is -2.32. The molecule has 2 aromatic carbocycles. The van der Waals surface area contributed by atoms with Crippen LogP contribution in [0.4, 0.5) is 11.4 Å². The molecule has 0 radical (unpaired) electrons. The van der Waals surface area contributed by atoms with E-state index in [-0.39, 0.29) is 28.6 Å². The lowest BCUT2D eigenvalue weighted by Gasteiger charge is -2.05. The van der Waals surface area contributed by atoms with Crippen molar-refractivity contribution in [1.29, 1.82) is 0 Å². The molecule has 0 saturated heterocycles. The Kier molecular flexibility index (Phi) is 7.38. The van der Waals surface area contributed by atoms with Crippen LogP contribution in [0.1, 0.15) is 22.8 Å².